The largest absolute Gasteiger partial charge is 0.480 e. The molecule has 1 heterocycles. The molecule has 0 unspecified atom stereocenters. The maximum absolute atomic E-state index is 13.0. The number of hydrogen-bond acceptors (Lipinski definition) is 4. The quantitative estimate of drug-likeness (QED) is 0.557. The van der Waals surface area contributed by atoms with Crippen LogP contribution in [-0.2, 0) is 9.59 Å². The monoisotopic (exact) mass is 376 g/mol. The van der Waals surface area contributed by atoms with Crippen molar-refractivity contribution in [1.82, 2.24) is 20.8 Å². The van der Waals surface area contributed by atoms with Crippen molar-refractivity contribution < 1.29 is 23.9 Å². The van der Waals surface area contributed by atoms with Crippen LogP contribution in [-0.4, -0.2) is 45.7 Å². The number of carbonyl (C=O) groups is 3. The molecule has 2 rings (SSSR count). The maximum atomic E-state index is 13.0. The number of aromatic nitrogens is 2. The van der Waals surface area contributed by atoms with E-state index in [0.29, 0.717) is 11.3 Å². The number of benzene rings is 1. The molecular weight excluding hydrogens is 355 g/mol. The van der Waals surface area contributed by atoms with Crippen LogP contribution in [0.15, 0.2) is 30.5 Å². The highest BCUT2D eigenvalue weighted by atomic mass is 19.1. The first-order chi connectivity index (χ1) is 12.8. The van der Waals surface area contributed by atoms with E-state index >= 15 is 0 Å². The number of nitrogens with one attached hydrogen (secondary N) is 3. The zero-order valence-corrected chi connectivity index (χ0v) is 15.0. The Bertz CT molecular complexity index is 817. The predicted molar refractivity (Wildman–Crippen MR) is 95.3 cm³/mol. The average Bonchev–Trinajstić information content (AvgIpc) is 3.09. The van der Waals surface area contributed by atoms with E-state index in [0.717, 1.165) is 0 Å². The minimum absolute atomic E-state index is 0.0881. The summed E-state index contributed by atoms with van der Waals surface area (Å²) in [5.74, 6) is -2.62. The molecule has 1 aromatic heterocycles. The molecule has 9 heteroatoms. The second-order valence-electron chi connectivity index (χ2n) is 6.44. The summed E-state index contributed by atoms with van der Waals surface area (Å²) in [6.45, 7) is 3.31. The Kier molecular flexibility index (Phi) is 6.64. The smallest absolute Gasteiger partial charge is 0.326 e. The molecule has 1 aromatic carbocycles. The number of hydrogen-bond donors (Lipinski definition) is 4. The van der Waals surface area contributed by atoms with Crippen LogP contribution >= 0.6 is 0 Å². The molecule has 1 atom stereocenters. The normalized spacial score (nSPS) is 11.9. The first-order valence-electron chi connectivity index (χ1n) is 8.37. The molecule has 8 nitrogen and oxygen atoms in total. The van der Waals surface area contributed by atoms with Crippen molar-refractivity contribution in [3.05, 3.63) is 41.8 Å². The molecule has 144 valence electrons. The van der Waals surface area contributed by atoms with Crippen molar-refractivity contribution >= 4 is 17.8 Å². The molecule has 0 saturated carbocycles. The number of nitrogens with zero attached hydrogens (tertiary/aromatic N) is 1. The van der Waals surface area contributed by atoms with Crippen molar-refractivity contribution in [2.45, 2.75) is 26.3 Å². The molecule has 27 heavy (non-hydrogen) atoms. The van der Waals surface area contributed by atoms with E-state index in [-0.39, 0.29) is 24.4 Å². The molecule has 2 aromatic rings. The van der Waals surface area contributed by atoms with Gasteiger partial charge in [-0.15, -0.1) is 0 Å². The minimum atomic E-state index is -1.13. The number of aliphatic carboxylic acids is 1. The summed E-state index contributed by atoms with van der Waals surface area (Å²) >= 11 is 0. The second kappa shape index (κ2) is 8.93. The highest BCUT2D eigenvalue weighted by Gasteiger charge is 2.22. The Balaban J connectivity index is 1.98. The lowest BCUT2D eigenvalue weighted by Gasteiger charge is -2.16. The van der Waals surface area contributed by atoms with Gasteiger partial charge in [-0.1, -0.05) is 13.8 Å². The minimum Gasteiger partial charge on any atom is -0.480 e. The SMILES string of the molecule is CC(C)C[C@H](NC(=O)CNC(=O)c1cn[nH]c1-c1ccc(F)cc1)C(=O)O. The lowest BCUT2D eigenvalue weighted by Crippen LogP contribution is -2.46. The van der Waals surface area contributed by atoms with Gasteiger partial charge in [0.05, 0.1) is 24.0 Å². The molecule has 4 N–H and O–H groups in total. The van der Waals surface area contributed by atoms with Gasteiger partial charge in [0.2, 0.25) is 5.91 Å². The zero-order valence-electron chi connectivity index (χ0n) is 15.0. The Hall–Kier alpha value is -3.23. The second-order valence-corrected chi connectivity index (χ2v) is 6.44. The summed E-state index contributed by atoms with van der Waals surface area (Å²) in [5.41, 5.74) is 1.13. The highest BCUT2D eigenvalue weighted by Crippen LogP contribution is 2.21. The fraction of sp³-hybridized carbons (Fsp3) is 0.333. The third-order valence-corrected chi connectivity index (χ3v) is 3.77. The van der Waals surface area contributed by atoms with Gasteiger partial charge in [-0.2, -0.15) is 5.10 Å². The number of halogens is 1. The molecule has 0 spiro atoms. The van der Waals surface area contributed by atoms with E-state index in [2.05, 4.69) is 20.8 Å². The average molecular weight is 376 g/mol. The summed E-state index contributed by atoms with van der Waals surface area (Å²) in [4.78, 5) is 35.5. The van der Waals surface area contributed by atoms with Crippen LogP contribution in [0.5, 0.6) is 0 Å². The molecule has 0 bridgehead atoms. The van der Waals surface area contributed by atoms with E-state index < -0.39 is 29.6 Å². The van der Waals surface area contributed by atoms with Gasteiger partial charge in [-0.3, -0.25) is 14.7 Å². The van der Waals surface area contributed by atoms with Gasteiger partial charge in [0.1, 0.15) is 11.9 Å². The Labute approximate surface area is 155 Å². The molecule has 0 saturated heterocycles. The van der Waals surface area contributed by atoms with Gasteiger partial charge >= 0.3 is 5.97 Å². The van der Waals surface area contributed by atoms with Crippen molar-refractivity contribution in [2.75, 3.05) is 6.54 Å². The van der Waals surface area contributed by atoms with Crippen LogP contribution in [0.4, 0.5) is 4.39 Å². The van der Waals surface area contributed by atoms with Crippen LogP contribution in [0, 0.1) is 11.7 Å². The van der Waals surface area contributed by atoms with Crippen LogP contribution in [0.3, 0.4) is 0 Å². The number of H-pyrrole nitrogens is 1. The Morgan fingerprint density at radius 3 is 2.48 bits per heavy atom. The van der Waals surface area contributed by atoms with E-state index in [1.165, 1.54) is 30.5 Å². The van der Waals surface area contributed by atoms with Gasteiger partial charge in [0.15, 0.2) is 0 Å². The zero-order chi connectivity index (χ0) is 20.0. The Morgan fingerprint density at radius 1 is 1.22 bits per heavy atom. The predicted octanol–water partition coefficient (Wildman–Crippen LogP) is 1.56. The van der Waals surface area contributed by atoms with Crippen molar-refractivity contribution in [1.29, 1.82) is 0 Å². The molecule has 2 amide bonds. The highest BCUT2D eigenvalue weighted by molar-refractivity contribution is 6.01. The fourth-order valence-corrected chi connectivity index (χ4v) is 2.49. The van der Waals surface area contributed by atoms with Crippen molar-refractivity contribution in [3.8, 4) is 11.3 Å². The summed E-state index contributed by atoms with van der Waals surface area (Å²) in [7, 11) is 0. The lowest BCUT2D eigenvalue weighted by atomic mass is 10.0. The van der Waals surface area contributed by atoms with Gasteiger partial charge in [-0.05, 0) is 36.6 Å². The van der Waals surface area contributed by atoms with Gasteiger partial charge in [0.25, 0.3) is 5.91 Å². The molecule has 0 fully saturated rings. The maximum Gasteiger partial charge on any atom is 0.326 e. The summed E-state index contributed by atoms with van der Waals surface area (Å²) in [6.07, 6.45) is 1.58. The summed E-state index contributed by atoms with van der Waals surface area (Å²) in [6, 6.07) is 4.49. The molecular formula is C18H21FN4O4. The van der Waals surface area contributed by atoms with Gasteiger partial charge in [0, 0.05) is 5.56 Å². The number of carbonyl (C=O) groups excluding carboxylic acids is 2. The van der Waals surface area contributed by atoms with Crippen LogP contribution in [0.1, 0.15) is 30.6 Å². The first kappa shape index (κ1) is 20.1. The molecule has 0 aliphatic rings. The van der Waals surface area contributed by atoms with E-state index in [4.69, 9.17) is 5.11 Å². The molecule has 0 radical (unpaired) electrons. The third kappa shape index (κ3) is 5.63. The standard InChI is InChI=1S/C18H21FN4O4/c1-10(2)7-14(18(26)27)22-15(24)9-20-17(25)13-8-21-23-16(13)11-3-5-12(19)6-4-11/h3-6,8,10,14H,7,9H2,1-2H3,(H,20,25)(H,21,23)(H,22,24)(H,26,27)/t14-/m0/s1. The summed E-state index contributed by atoms with van der Waals surface area (Å²) in [5, 5.41) is 20.4. The topological polar surface area (TPSA) is 124 Å². The number of carboxylic acids is 1. The third-order valence-electron chi connectivity index (χ3n) is 3.77. The van der Waals surface area contributed by atoms with E-state index in [9.17, 15) is 18.8 Å². The van der Waals surface area contributed by atoms with Crippen molar-refractivity contribution in [2.24, 2.45) is 5.92 Å². The van der Waals surface area contributed by atoms with Crippen LogP contribution in [0.25, 0.3) is 11.3 Å². The van der Waals surface area contributed by atoms with E-state index in [1.54, 1.807) is 0 Å². The van der Waals surface area contributed by atoms with E-state index in [1.807, 2.05) is 13.8 Å². The van der Waals surface area contributed by atoms with Gasteiger partial charge < -0.3 is 15.7 Å². The Morgan fingerprint density at radius 2 is 1.89 bits per heavy atom. The van der Waals surface area contributed by atoms with Gasteiger partial charge in [-0.25, -0.2) is 9.18 Å². The fourth-order valence-electron chi connectivity index (χ4n) is 2.49. The first-order valence-corrected chi connectivity index (χ1v) is 8.37. The number of rotatable bonds is 8. The van der Waals surface area contributed by atoms with Crippen LogP contribution in [0.2, 0.25) is 0 Å². The number of aromatic amines is 1. The summed E-state index contributed by atoms with van der Waals surface area (Å²) < 4.78 is 13.0. The van der Waals surface area contributed by atoms with Crippen molar-refractivity contribution in [3.63, 3.8) is 0 Å². The van der Waals surface area contributed by atoms with Crippen LogP contribution < -0.4 is 10.6 Å². The number of carboxylic acid groups (broad SMARTS) is 1. The number of amides is 2. The molecule has 0 aliphatic carbocycles. The molecule has 0 aliphatic heterocycles. The lowest BCUT2D eigenvalue weighted by molar-refractivity contribution is -0.142.